The summed E-state index contributed by atoms with van der Waals surface area (Å²) in [5, 5.41) is 20.1. The lowest BCUT2D eigenvalue weighted by molar-refractivity contribution is -0.132. The fourth-order valence-electron chi connectivity index (χ4n) is 4.56. The fraction of sp³-hybridized carbons (Fsp3) is 0.226. The van der Waals surface area contributed by atoms with Crippen LogP contribution in [0.15, 0.2) is 76.6 Å². The molecular weight excluding hydrogens is 561 g/mol. The zero-order chi connectivity index (χ0) is 29.1. The first-order valence-corrected chi connectivity index (χ1v) is 14.9. The molecule has 1 atom stereocenters. The van der Waals surface area contributed by atoms with E-state index in [2.05, 4.69) is 10.2 Å². The van der Waals surface area contributed by atoms with Crippen LogP contribution >= 0.6 is 23.1 Å². The lowest BCUT2D eigenvalue weighted by Crippen LogP contribution is -2.29. The number of thioether (sulfide) groups is 1. The molecule has 1 fully saturated rings. The Kier molecular flexibility index (Phi) is 8.51. The van der Waals surface area contributed by atoms with Crippen molar-refractivity contribution < 1.29 is 23.8 Å². The van der Waals surface area contributed by atoms with Crippen molar-refractivity contribution in [1.82, 2.24) is 10.2 Å². The molecule has 7 nitrogen and oxygen atoms in total. The molecule has 10 heteroatoms. The second-order valence-electron chi connectivity index (χ2n) is 9.64. The molecule has 2 heterocycles. The summed E-state index contributed by atoms with van der Waals surface area (Å²) in [6.07, 6.45) is 0.853. The molecule has 1 aromatic heterocycles. The number of carbonyl (C=O) groups excluding carboxylic acids is 2. The van der Waals surface area contributed by atoms with Crippen molar-refractivity contribution >= 4 is 45.7 Å². The number of halogens is 1. The molecule has 1 unspecified atom stereocenters. The van der Waals surface area contributed by atoms with Gasteiger partial charge in [0.1, 0.15) is 17.3 Å². The van der Waals surface area contributed by atoms with Crippen LogP contribution in [-0.2, 0) is 15.3 Å². The number of ketones is 1. The number of carbonyl (C=O) groups is 2. The summed E-state index contributed by atoms with van der Waals surface area (Å²) in [6.45, 7) is 6.30. The van der Waals surface area contributed by atoms with E-state index in [9.17, 15) is 19.1 Å². The molecule has 0 radical (unpaired) electrons. The number of aliphatic hydroxyl groups is 1. The fourth-order valence-corrected chi connectivity index (χ4v) is 6.41. The standard InChI is InChI=1S/C31H28FN3O4S2/c1-4-15-39-22-13-11-20(12-14-22)26-25(27(36)23-16-18(2)9-10-19(23)3)28(37)29(38)35(26)30-33-34-31(41-30)40-17-21-7-5-6-8-24(21)32/h5-14,16,26,36H,4,15,17H2,1-3H3/b27-25+. The number of rotatable bonds is 9. The Hall–Kier alpha value is -4.02. The van der Waals surface area contributed by atoms with Crippen LogP contribution in [0.25, 0.3) is 5.76 Å². The third kappa shape index (κ3) is 5.89. The number of aromatic nitrogens is 2. The number of benzene rings is 3. The molecule has 210 valence electrons. The van der Waals surface area contributed by atoms with Crippen LogP contribution in [0.4, 0.5) is 9.52 Å². The Balaban J connectivity index is 1.56. The van der Waals surface area contributed by atoms with Gasteiger partial charge in [0.2, 0.25) is 5.13 Å². The number of aryl methyl sites for hydroxylation is 2. The first-order chi connectivity index (χ1) is 19.8. The molecule has 1 amide bonds. The summed E-state index contributed by atoms with van der Waals surface area (Å²) < 4.78 is 20.3. The molecule has 3 aromatic carbocycles. The van der Waals surface area contributed by atoms with Crippen LogP contribution in [0.3, 0.4) is 0 Å². The maximum absolute atomic E-state index is 14.1. The van der Waals surface area contributed by atoms with Crippen LogP contribution in [0, 0.1) is 19.7 Å². The summed E-state index contributed by atoms with van der Waals surface area (Å²) in [5.74, 6) is -1.19. The number of ether oxygens (including phenoxy) is 1. The van der Waals surface area contributed by atoms with Crippen LogP contribution < -0.4 is 9.64 Å². The van der Waals surface area contributed by atoms with Gasteiger partial charge in [0, 0.05) is 11.3 Å². The van der Waals surface area contributed by atoms with Crippen molar-refractivity contribution in [3.63, 3.8) is 0 Å². The molecular formula is C31H28FN3O4S2. The van der Waals surface area contributed by atoms with Crippen LogP contribution in [-0.4, -0.2) is 33.6 Å². The second-order valence-corrected chi connectivity index (χ2v) is 11.8. The maximum Gasteiger partial charge on any atom is 0.301 e. The molecule has 0 bridgehead atoms. The summed E-state index contributed by atoms with van der Waals surface area (Å²) in [7, 11) is 0. The number of nitrogens with zero attached hydrogens (tertiary/aromatic N) is 3. The Bertz CT molecular complexity index is 1630. The first kappa shape index (κ1) is 28.5. The summed E-state index contributed by atoms with van der Waals surface area (Å²) in [4.78, 5) is 28.3. The van der Waals surface area contributed by atoms with E-state index < -0.39 is 17.7 Å². The van der Waals surface area contributed by atoms with E-state index in [1.807, 2.05) is 32.9 Å². The average molecular weight is 590 g/mol. The second kappa shape index (κ2) is 12.2. The van der Waals surface area contributed by atoms with Gasteiger partial charge in [-0.2, -0.15) is 0 Å². The number of Topliss-reactive ketones (excluding diaryl/α,β-unsaturated/α-hetero) is 1. The molecule has 1 N–H and O–H groups in total. The van der Waals surface area contributed by atoms with Gasteiger partial charge in [-0.05, 0) is 61.2 Å². The van der Waals surface area contributed by atoms with Crippen molar-refractivity contribution in [2.45, 2.75) is 43.3 Å². The van der Waals surface area contributed by atoms with Gasteiger partial charge < -0.3 is 9.84 Å². The van der Waals surface area contributed by atoms with Gasteiger partial charge in [0.15, 0.2) is 4.34 Å². The average Bonchev–Trinajstić information content (AvgIpc) is 3.54. The Morgan fingerprint density at radius 2 is 1.83 bits per heavy atom. The van der Waals surface area contributed by atoms with E-state index in [0.717, 1.165) is 28.9 Å². The molecule has 5 rings (SSSR count). The lowest BCUT2D eigenvalue weighted by atomic mass is 9.93. The van der Waals surface area contributed by atoms with Crippen molar-refractivity contribution in [2.75, 3.05) is 11.5 Å². The quantitative estimate of drug-likeness (QED) is 0.0739. The molecule has 4 aromatic rings. The molecule has 1 saturated heterocycles. The normalized spacial score (nSPS) is 16.4. The van der Waals surface area contributed by atoms with Gasteiger partial charge in [0.25, 0.3) is 5.78 Å². The monoisotopic (exact) mass is 589 g/mol. The molecule has 1 aliphatic heterocycles. The van der Waals surface area contributed by atoms with E-state index in [0.29, 0.717) is 39.1 Å². The van der Waals surface area contributed by atoms with Gasteiger partial charge in [-0.25, -0.2) is 4.39 Å². The number of hydrogen-bond acceptors (Lipinski definition) is 8. The molecule has 41 heavy (non-hydrogen) atoms. The minimum Gasteiger partial charge on any atom is -0.507 e. The number of aliphatic hydroxyl groups excluding tert-OH is 1. The van der Waals surface area contributed by atoms with Gasteiger partial charge in [-0.15, -0.1) is 10.2 Å². The Morgan fingerprint density at radius 3 is 2.56 bits per heavy atom. The predicted octanol–water partition coefficient (Wildman–Crippen LogP) is 7.00. The van der Waals surface area contributed by atoms with E-state index >= 15 is 0 Å². The highest BCUT2D eigenvalue weighted by molar-refractivity contribution is 8.00. The van der Waals surface area contributed by atoms with Crippen molar-refractivity contribution in [2.24, 2.45) is 0 Å². The molecule has 1 aliphatic rings. The Labute approximate surface area is 245 Å². The van der Waals surface area contributed by atoms with Gasteiger partial charge in [-0.3, -0.25) is 14.5 Å². The minimum atomic E-state index is -0.937. The zero-order valence-electron chi connectivity index (χ0n) is 22.8. The third-order valence-electron chi connectivity index (χ3n) is 6.67. The van der Waals surface area contributed by atoms with Crippen LogP contribution in [0.5, 0.6) is 5.75 Å². The van der Waals surface area contributed by atoms with Gasteiger partial charge in [-0.1, -0.05) is 78.1 Å². The van der Waals surface area contributed by atoms with E-state index in [1.165, 1.54) is 22.7 Å². The number of amides is 1. The maximum atomic E-state index is 14.1. The number of hydrogen-bond donors (Lipinski definition) is 1. The largest absolute Gasteiger partial charge is 0.507 e. The van der Waals surface area contributed by atoms with Crippen LogP contribution in [0.1, 0.15) is 47.2 Å². The van der Waals surface area contributed by atoms with Crippen molar-refractivity contribution in [1.29, 1.82) is 0 Å². The zero-order valence-corrected chi connectivity index (χ0v) is 24.4. The molecule has 0 aliphatic carbocycles. The topological polar surface area (TPSA) is 92.6 Å². The van der Waals surface area contributed by atoms with Gasteiger partial charge >= 0.3 is 5.91 Å². The van der Waals surface area contributed by atoms with Crippen LogP contribution in [0.2, 0.25) is 0 Å². The highest BCUT2D eigenvalue weighted by Gasteiger charge is 2.48. The smallest absolute Gasteiger partial charge is 0.301 e. The highest BCUT2D eigenvalue weighted by atomic mass is 32.2. The molecule has 0 spiro atoms. The highest BCUT2D eigenvalue weighted by Crippen LogP contribution is 2.44. The van der Waals surface area contributed by atoms with E-state index in [4.69, 9.17) is 4.74 Å². The minimum absolute atomic E-state index is 0.0262. The summed E-state index contributed by atoms with van der Waals surface area (Å²) in [5.41, 5.74) is 3.25. The SMILES string of the molecule is CCCOc1ccc(C2/C(=C(\O)c3cc(C)ccc3C)C(=O)C(=O)N2c2nnc(SCc3ccccc3F)s2)cc1. The third-order valence-corrected chi connectivity index (χ3v) is 8.78. The van der Waals surface area contributed by atoms with Crippen molar-refractivity contribution in [3.8, 4) is 5.75 Å². The van der Waals surface area contributed by atoms with Crippen molar-refractivity contribution in [3.05, 3.63) is 106 Å². The molecule has 0 saturated carbocycles. The summed E-state index contributed by atoms with van der Waals surface area (Å²) >= 11 is 2.42. The van der Waals surface area contributed by atoms with E-state index in [-0.39, 0.29) is 22.3 Å². The summed E-state index contributed by atoms with van der Waals surface area (Å²) in [6, 6.07) is 18.2. The van der Waals surface area contributed by atoms with E-state index in [1.54, 1.807) is 48.5 Å². The first-order valence-electron chi connectivity index (χ1n) is 13.1. The lowest BCUT2D eigenvalue weighted by Gasteiger charge is -2.23. The predicted molar refractivity (Wildman–Crippen MR) is 159 cm³/mol. The number of anilines is 1. The Morgan fingerprint density at radius 1 is 1.07 bits per heavy atom. The van der Waals surface area contributed by atoms with Gasteiger partial charge in [0.05, 0.1) is 18.2 Å².